The molecule has 0 radical (unpaired) electrons. The Morgan fingerprint density at radius 3 is 2.57 bits per heavy atom. The molecule has 0 bridgehead atoms. The Bertz CT molecular complexity index is 412. The van der Waals surface area contributed by atoms with Gasteiger partial charge in [-0.25, -0.2) is 4.79 Å². The molecule has 0 saturated carbocycles. The van der Waals surface area contributed by atoms with Gasteiger partial charge in [0.2, 0.25) is 0 Å². The molecule has 0 aromatic heterocycles. The van der Waals surface area contributed by atoms with E-state index >= 15 is 0 Å². The number of carbonyl (C=O) groups is 2. The third kappa shape index (κ3) is 5.75. The lowest BCUT2D eigenvalue weighted by Gasteiger charge is -2.32. The van der Waals surface area contributed by atoms with Crippen molar-refractivity contribution in [3.05, 3.63) is 11.6 Å². The highest BCUT2D eigenvalue weighted by Crippen LogP contribution is 2.29. The molecule has 0 aromatic carbocycles. The summed E-state index contributed by atoms with van der Waals surface area (Å²) in [6.07, 6.45) is 2.36. The third-order valence-electron chi connectivity index (χ3n) is 3.68. The normalized spacial score (nSPS) is 17.1. The quantitative estimate of drug-likeness (QED) is 0.759. The van der Waals surface area contributed by atoms with Crippen molar-refractivity contribution in [2.24, 2.45) is 5.41 Å². The number of amides is 2. The van der Waals surface area contributed by atoms with Gasteiger partial charge in [-0.2, -0.15) is 0 Å². The molecule has 1 aliphatic heterocycles. The summed E-state index contributed by atoms with van der Waals surface area (Å²) in [6, 6.07) is -0.174. The van der Waals surface area contributed by atoms with E-state index in [9.17, 15) is 9.59 Å². The first-order valence-corrected chi connectivity index (χ1v) is 7.21. The fourth-order valence-electron chi connectivity index (χ4n) is 2.28. The van der Waals surface area contributed by atoms with E-state index in [0.29, 0.717) is 13.1 Å². The number of hydrogen-bond donors (Lipinski definition) is 2. The standard InChI is InChI=1S/C15H26N2O4/c1-15(2,3)11-5-7-17(8-6-11)14(20)16-10-12(21-4)9-13(18)19/h5,12H,6-10H2,1-4H3,(H,16,20)(H,18,19). The zero-order valence-electron chi connectivity index (χ0n) is 13.3. The van der Waals surface area contributed by atoms with Crippen molar-refractivity contribution in [2.75, 3.05) is 26.7 Å². The van der Waals surface area contributed by atoms with Crippen molar-refractivity contribution in [2.45, 2.75) is 39.7 Å². The smallest absolute Gasteiger partial charge is 0.317 e. The summed E-state index contributed by atoms with van der Waals surface area (Å²) in [7, 11) is 1.44. The Morgan fingerprint density at radius 2 is 2.14 bits per heavy atom. The first-order valence-electron chi connectivity index (χ1n) is 7.21. The Balaban J connectivity index is 2.44. The molecule has 0 spiro atoms. The van der Waals surface area contributed by atoms with Crippen LogP contribution < -0.4 is 5.32 Å². The zero-order chi connectivity index (χ0) is 16.0. The Labute approximate surface area is 126 Å². The fourth-order valence-corrected chi connectivity index (χ4v) is 2.28. The molecule has 21 heavy (non-hydrogen) atoms. The number of ether oxygens (including phenoxy) is 1. The first-order chi connectivity index (χ1) is 9.74. The summed E-state index contributed by atoms with van der Waals surface area (Å²) in [5.41, 5.74) is 1.51. The predicted octanol–water partition coefficient (Wildman–Crippen LogP) is 1.86. The van der Waals surface area contributed by atoms with E-state index in [4.69, 9.17) is 9.84 Å². The molecule has 2 N–H and O–H groups in total. The molecule has 6 heteroatoms. The maximum absolute atomic E-state index is 12.0. The second-order valence-corrected chi connectivity index (χ2v) is 6.32. The van der Waals surface area contributed by atoms with Gasteiger partial charge >= 0.3 is 12.0 Å². The molecule has 6 nitrogen and oxygen atoms in total. The van der Waals surface area contributed by atoms with Crippen molar-refractivity contribution in [3.63, 3.8) is 0 Å². The van der Waals surface area contributed by atoms with Crippen LogP contribution in [0, 0.1) is 5.41 Å². The van der Waals surface area contributed by atoms with Crippen molar-refractivity contribution < 1.29 is 19.4 Å². The van der Waals surface area contributed by atoms with Crippen molar-refractivity contribution in [1.82, 2.24) is 10.2 Å². The molecular formula is C15H26N2O4. The number of aliphatic carboxylic acids is 1. The first kappa shape index (κ1) is 17.5. The van der Waals surface area contributed by atoms with Gasteiger partial charge in [-0.1, -0.05) is 32.4 Å². The van der Waals surface area contributed by atoms with Crippen molar-refractivity contribution in [3.8, 4) is 0 Å². The van der Waals surface area contributed by atoms with Gasteiger partial charge in [-0.05, 0) is 11.8 Å². The second-order valence-electron chi connectivity index (χ2n) is 6.32. The summed E-state index contributed by atoms with van der Waals surface area (Å²) < 4.78 is 5.03. The highest BCUT2D eigenvalue weighted by Gasteiger charge is 2.24. The number of urea groups is 1. The van der Waals surface area contributed by atoms with Crippen LogP contribution in [0.5, 0.6) is 0 Å². The SMILES string of the molecule is COC(CNC(=O)N1CC=C(C(C)(C)C)CC1)CC(=O)O. The average molecular weight is 298 g/mol. The monoisotopic (exact) mass is 298 g/mol. The van der Waals surface area contributed by atoms with Gasteiger partial charge in [0.05, 0.1) is 12.5 Å². The number of rotatable bonds is 5. The lowest BCUT2D eigenvalue weighted by Crippen LogP contribution is -2.45. The number of carbonyl (C=O) groups excluding carboxylic acids is 1. The van der Waals surface area contributed by atoms with E-state index in [1.807, 2.05) is 0 Å². The Kier molecular flexibility index (Phi) is 6.20. The molecule has 1 heterocycles. The van der Waals surface area contributed by atoms with Crippen LogP contribution in [0.1, 0.15) is 33.6 Å². The lowest BCUT2D eigenvalue weighted by atomic mass is 9.83. The number of carboxylic acid groups (broad SMARTS) is 1. The molecule has 120 valence electrons. The highest BCUT2D eigenvalue weighted by molar-refractivity contribution is 5.75. The fraction of sp³-hybridized carbons (Fsp3) is 0.733. The lowest BCUT2D eigenvalue weighted by molar-refractivity contribution is -0.139. The van der Waals surface area contributed by atoms with E-state index in [1.165, 1.54) is 12.7 Å². The van der Waals surface area contributed by atoms with E-state index < -0.39 is 12.1 Å². The van der Waals surface area contributed by atoms with Gasteiger partial charge < -0.3 is 20.1 Å². The molecule has 0 aliphatic carbocycles. The van der Waals surface area contributed by atoms with Gasteiger partial charge in [0.1, 0.15) is 0 Å². The van der Waals surface area contributed by atoms with Crippen molar-refractivity contribution >= 4 is 12.0 Å². The van der Waals surface area contributed by atoms with Crippen LogP contribution in [0.15, 0.2) is 11.6 Å². The van der Waals surface area contributed by atoms with E-state index in [-0.39, 0.29) is 24.4 Å². The average Bonchev–Trinajstić information content (AvgIpc) is 2.41. The van der Waals surface area contributed by atoms with E-state index in [0.717, 1.165) is 6.42 Å². The molecule has 1 rings (SSSR count). The molecular weight excluding hydrogens is 272 g/mol. The summed E-state index contributed by atoms with van der Waals surface area (Å²) in [5, 5.41) is 11.5. The van der Waals surface area contributed by atoms with Gasteiger partial charge in [0.25, 0.3) is 0 Å². The summed E-state index contributed by atoms with van der Waals surface area (Å²) >= 11 is 0. The highest BCUT2D eigenvalue weighted by atomic mass is 16.5. The predicted molar refractivity (Wildman–Crippen MR) is 80.2 cm³/mol. The Morgan fingerprint density at radius 1 is 1.48 bits per heavy atom. The second kappa shape index (κ2) is 7.45. The van der Waals surface area contributed by atoms with Crippen LogP contribution in [0.2, 0.25) is 0 Å². The molecule has 1 aliphatic rings. The summed E-state index contributed by atoms with van der Waals surface area (Å²) in [4.78, 5) is 24.4. The number of nitrogens with zero attached hydrogens (tertiary/aromatic N) is 1. The maximum Gasteiger partial charge on any atom is 0.317 e. The maximum atomic E-state index is 12.0. The van der Waals surface area contributed by atoms with Gasteiger partial charge in [0, 0.05) is 26.7 Å². The molecule has 0 fully saturated rings. The van der Waals surface area contributed by atoms with Crippen LogP contribution in [0.3, 0.4) is 0 Å². The number of methoxy groups -OCH3 is 1. The van der Waals surface area contributed by atoms with Crippen LogP contribution in [-0.4, -0.2) is 54.9 Å². The third-order valence-corrected chi connectivity index (χ3v) is 3.68. The summed E-state index contributed by atoms with van der Waals surface area (Å²) in [6.45, 7) is 7.99. The van der Waals surface area contributed by atoms with E-state index in [1.54, 1.807) is 4.90 Å². The van der Waals surface area contributed by atoms with Crippen LogP contribution in [-0.2, 0) is 9.53 Å². The largest absolute Gasteiger partial charge is 0.481 e. The topological polar surface area (TPSA) is 78.9 Å². The molecule has 1 unspecified atom stereocenters. The number of carboxylic acids is 1. The number of hydrogen-bond acceptors (Lipinski definition) is 3. The number of nitrogens with one attached hydrogen (secondary N) is 1. The van der Waals surface area contributed by atoms with Crippen LogP contribution >= 0.6 is 0 Å². The van der Waals surface area contributed by atoms with Crippen molar-refractivity contribution in [1.29, 1.82) is 0 Å². The zero-order valence-corrected chi connectivity index (χ0v) is 13.3. The van der Waals surface area contributed by atoms with Gasteiger partial charge in [-0.15, -0.1) is 0 Å². The van der Waals surface area contributed by atoms with Gasteiger partial charge in [-0.3, -0.25) is 4.79 Å². The molecule has 0 saturated heterocycles. The molecule has 1 atom stereocenters. The summed E-state index contributed by atoms with van der Waals surface area (Å²) in [5.74, 6) is -0.938. The molecule has 2 amide bonds. The Hall–Kier alpha value is -1.56. The van der Waals surface area contributed by atoms with Crippen LogP contribution in [0.4, 0.5) is 4.79 Å². The minimum absolute atomic E-state index is 0.120. The minimum Gasteiger partial charge on any atom is -0.481 e. The van der Waals surface area contributed by atoms with Crippen LogP contribution in [0.25, 0.3) is 0 Å². The minimum atomic E-state index is -0.938. The van der Waals surface area contributed by atoms with E-state index in [2.05, 4.69) is 32.2 Å². The van der Waals surface area contributed by atoms with Gasteiger partial charge in [0.15, 0.2) is 0 Å². The molecule has 0 aromatic rings.